The van der Waals surface area contributed by atoms with Crippen molar-refractivity contribution in [1.82, 2.24) is 5.32 Å². The normalized spacial score (nSPS) is 15.7. The minimum absolute atomic E-state index is 0.0665. The molecule has 0 unspecified atom stereocenters. The van der Waals surface area contributed by atoms with E-state index in [2.05, 4.69) is 26.6 Å². The summed E-state index contributed by atoms with van der Waals surface area (Å²) < 4.78 is 6.50. The average molecular weight is 355 g/mol. The zero-order valence-electron chi connectivity index (χ0n) is 12.5. The van der Waals surface area contributed by atoms with Gasteiger partial charge in [0.25, 0.3) is 0 Å². The van der Waals surface area contributed by atoms with Gasteiger partial charge < -0.3 is 15.4 Å². The molecule has 1 fully saturated rings. The smallest absolute Gasteiger partial charge is 0.224 e. The van der Waals surface area contributed by atoms with E-state index in [1.165, 1.54) is 12.8 Å². The molecule has 1 heterocycles. The van der Waals surface area contributed by atoms with Crippen LogP contribution in [-0.4, -0.2) is 25.6 Å². The number of amides is 1. The summed E-state index contributed by atoms with van der Waals surface area (Å²) in [6.07, 6.45) is 3.89. The second-order valence-electron chi connectivity index (χ2n) is 5.35. The molecule has 2 rings (SSSR count). The van der Waals surface area contributed by atoms with E-state index in [1.807, 2.05) is 25.1 Å². The van der Waals surface area contributed by atoms with Gasteiger partial charge in [0.2, 0.25) is 5.91 Å². The second kappa shape index (κ2) is 8.39. The van der Waals surface area contributed by atoms with Crippen molar-refractivity contribution in [3.63, 3.8) is 0 Å². The molecule has 2 N–H and O–H groups in total. The van der Waals surface area contributed by atoms with Gasteiger partial charge in [0.1, 0.15) is 5.75 Å². The Hall–Kier alpha value is -1.07. The van der Waals surface area contributed by atoms with Crippen LogP contribution in [0.4, 0.5) is 5.69 Å². The highest BCUT2D eigenvalue weighted by atomic mass is 79.9. The maximum absolute atomic E-state index is 12.1. The lowest BCUT2D eigenvalue weighted by atomic mass is 9.93. The molecule has 4 nitrogen and oxygen atoms in total. The van der Waals surface area contributed by atoms with Crippen LogP contribution in [0.15, 0.2) is 22.7 Å². The fourth-order valence-corrected chi connectivity index (χ4v) is 2.93. The number of rotatable bonds is 6. The number of anilines is 1. The average Bonchev–Trinajstić information content (AvgIpc) is 2.49. The lowest BCUT2D eigenvalue weighted by molar-refractivity contribution is -0.116. The van der Waals surface area contributed by atoms with Crippen molar-refractivity contribution in [2.75, 3.05) is 25.0 Å². The number of benzene rings is 1. The van der Waals surface area contributed by atoms with E-state index >= 15 is 0 Å². The van der Waals surface area contributed by atoms with Crippen molar-refractivity contribution in [1.29, 1.82) is 0 Å². The number of nitrogens with one attached hydrogen (secondary N) is 2. The van der Waals surface area contributed by atoms with Gasteiger partial charge in [-0.15, -0.1) is 0 Å². The molecule has 1 aromatic carbocycles. The summed E-state index contributed by atoms with van der Waals surface area (Å²) in [4.78, 5) is 12.1. The Morgan fingerprint density at radius 3 is 2.90 bits per heavy atom. The summed E-state index contributed by atoms with van der Waals surface area (Å²) in [7, 11) is 0. The largest absolute Gasteiger partial charge is 0.492 e. The lowest BCUT2D eigenvalue weighted by Crippen LogP contribution is -2.28. The number of hydrogen-bond donors (Lipinski definition) is 2. The maximum atomic E-state index is 12.1. The zero-order valence-corrected chi connectivity index (χ0v) is 14.0. The van der Waals surface area contributed by atoms with Crippen LogP contribution in [0.2, 0.25) is 0 Å². The van der Waals surface area contributed by atoms with Crippen LogP contribution in [0.3, 0.4) is 0 Å². The number of piperidine rings is 1. The molecule has 0 aliphatic carbocycles. The van der Waals surface area contributed by atoms with Gasteiger partial charge in [0, 0.05) is 10.9 Å². The number of carbonyl (C=O) groups excluding carboxylic acids is 1. The highest BCUT2D eigenvalue weighted by Gasteiger charge is 2.15. The van der Waals surface area contributed by atoms with E-state index in [4.69, 9.17) is 4.74 Å². The number of hydrogen-bond acceptors (Lipinski definition) is 3. The van der Waals surface area contributed by atoms with Crippen LogP contribution in [0.1, 0.15) is 32.6 Å². The highest BCUT2D eigenvalue weighted by Crippen LogP contribution is 2.29. The van der Waals surface area contributed by atoms with E-state index in [-0.39, 0.29) is 5.91 Å². The van der Waals surface area contributed by atoms with Crippen molar-refractivity contribution in [3.8, 4) is 5.75 Å². The Morgan fingerprint density at radius 2 is 2.19 bits per heavy atom. The predicted octanol–water partition coefficient (Wildman–Crippen LogP) is 3.57. The van der Waals surface area contributed by atoms with Gasteiger partial charge in [0.05, 0.1) is 12.3 Å². The van der Waals surface area contributed by atoms with Crippen LogP contribution < -0.4 is 15.4 Å². The Labute approximate surface area is 134 Å². The molecule has 0 radical (unpaired) electrons. The minimum Gasteiger partial charge on any atom is -0.492 e. The molecule has 1 aliphatic rings. The molecule has 116 valence electrons. The molecule has 21 heavy (non-hydrogen) atoms. The molecular formula is C16H23BrN2O2. The Morgan fingerprint density at radius 1 is 1.43 bits per heavy atom. The first kappa shape index (κ1) is 16.3. The Bertz CT molecular complexity index is 473. The van der Waals surface area contributed by atoms with Crippen molar-refractivity contribution in [2.24, 2.45) is 5.92 Å². The van der Waals surface area contributed by atoms with E-state index in [1.54, 1.807) is 0 Å². The van der Waals surface area contributed by atoms with Crippen molar-refractivity contribution < 1.29 is 9.53 Å². The van der Waals surface area contributed by atoms with Crippen LogP contribution in [0, 0.1) is 5.92 Å². The maximum Gasteiger partial charge on any atom is 0.224 e. The molecule has 0 atom stereocenters. The molecule has 0 bridgehead atoms. The summed E-state index contributed by atoms with van der Waals surface area (Å²) in [5, 5.41) is 6.31. The second-order valence-corrected chi connectivity index (χ2v) is 6.27. The topological polar surface area (TPSA) is 50.4 Å². The van der Waals surface area contributed by atoms with Crippen LogP contribution in [-0.2, 0) is 4.79 Å². The molecule has 1 aromatic rings. The summed E-state index contributed by atoms with van der Waals surface area (Å²) in [6.45, 7) is 4.67. The van der Waals surface area contributed by atoms with Crippen LogP contribution in [0.25, 0.3) is 0 Å². The highest BCUT2D eigenvalue weighted by molar-refractivity contribution is 9.10. The van der Waals surface area contributed by atoms with Gasteiger partial charge in [-0.1, -0.05) is 15.9 Å². The summed E-state index contributed by atoms with van der Waals surface area (Å²) in [5.41, 5.74) is 0.746. The van der Waals surface area contributed by atoms with Gasteiger partial charge >= 0.3 is 0 Å². The first-order chi connectivity index (χ1) is 10.2. The summed E-state index contributed by atoms with van der Waals surface area (Å²) >= 11 is 3.42. The van der Waals surface area contributed by atoms with Crippen molar-refractivity contribution in [3.05, 3.63) is 22.7 Å². The molecule has 0 spiro atoms. The number of halogens is 1. The lowest BCUT2D eigenvalue weighted by Gasteiger charge is -2.22. The standard InChI is InChI=1S/C16H23BrN2O2/c1-2-21-15-11-13(17)4-5-14(15)19-16(20)6-3-12-7-9-18-10-8-12/h4-5,11-12,18H,2-3,6-10H2,1H3,(H,19,20). The first-order valence-electron chi connectivity index (χ1n) is 7.62. The van der Waals surface area contributed by atoms with Crippen molar-refractivity contribution >= 4 is 27.5 Å². The summed E-state index contributed by atoms with van der Waals surface area (Å²) in [6, 6.07) is 5.66. The van der Waals surface area contributed by atoms with Gasteiger partial charge in [-0.2, -0.15) is 0 Å². The minimum atomic E-state index is 0.0665. The third-order valence-electron chi connectivity index (χ3n) is 3.76. The summed E-state index contributed by atoms with van der Waals surface area (Å²) in [5.74, 6) is 1.45. The van der Waals surface area contributed by atoms with E-state index < -0.39 is 0 Å². The fraction of sp³-hybridized carbons (Fsp3) is 0.562. The third kappa shape index (κ3) is 5.32. The number of carbonyl (C=O) groups is 1. The molecular weight excluding hydrogens is 332 g/mol. The monoisotopic (exact) mass is 354 g/mol. The fourth-order valence-electron chi connectivity index (χ4n) is 2.59. The number of ether oxygens (including phenoxy) is 1. The SMILES string of the molecule is CCOc1cc(Br)ccc1NC(=O)CCC1CCNCC1. The zero-order chi connectivity index (χ0) is 15.1. The molecule has 0 saturated carbocycles. The Kier molecular flexibility index (Phi) is 6.51. The molecule has 0 aromatic heterocycles. The van der Waals surface area contributed by atoms with Gasteiger partial charge in [-0.3, -0.25) is 4.79 Å². The van der Waals surface area contributed by atoms with Gasteiger partial charge in [0.15, 0.2) is 0 Å². The van der Waals surface area contributed by atoms with E-state index in [0.717, 1.165) is 29.7 Å². The third-order valence-corrected chi connectivity index (χ3v) is 4.25. The molecule has 1 aliphatic heterocycles. The van der Waals surface area contributed by atoms with Crippen LogP contribution >= 0.6 is 15.9 Å². The Balaban J connectivity index is 1.86. The first-order valence-corrected chi connectivity index (χ1v) is 8.41. The van der Waals surface area contributed by atoms with Gasteiger partial charge in [-0.25, -0.2) is 0 Å². The predicted molar refractivity (Wildman–Crippen MR) is 88.8 cm³/mol. The molecule has 1 amide bonds. The van der Waals surface area contributed by atoms with E-state index in [0.29, 0.717) is 24.7 Å². The molecule has 1 saturated heterocycles. The van der Waals surface area contributed by atoms with Crippen molar-refractivity contribution in [2.45, 2.75) is 32.6 Å². The van der Waals surface area contributed by atoms with Crippen LogP contribution in [0.5, 0.6) is 5.75 Å². The van der Waals surface area contributed by atoms with Gasteiger partial charge in [-0.05, 0) is 63.4 Å². The molecule has 5 heteroatoms. The quantitative estimate of drug-likeness (QED) is 0.820. The van der Waals surface area contributed by atoms with E-state index in [9.17, 15) is 4.79 Å².